The Bertz CT molecular complexity index is 274. The molecule has 1 aromatic heterocycles. The number of nitrogens with zero attached hydrogens (tertiary/aromatic N) is 1. The van der Waals surface area contributed by atoms with Gasteiger partial charge in [0.05, 0.1) is 6.61 Å². The van der Waals surface area contributed by atoms with Gasteiger partial charge in [0.2, 0.25) is 6.79 Å². The Hall–Kier alpha value is -1.29. The molecule has 4 heteroatoms. The van der Waals surface area contributed by atoms with Gasteiger partial charge in [-0.05, 0) is 11.6 Å². The summed E-state index contributed by atoms with van der Waals surface area (Å²) in [4.78, 5) is 3.92. The number of aromatic nitrogens is 1. The molecule has 4 nitrogen and oxygen atoms in total. The number of fused-ring (bicyclic) bond motifs is 1. The summed E-state index contributed by atoms with van der Waals surface area (Å²) in [5.74, 6) is 1.11. The van der Waals surface area contributed by atoms with Gasteiger partial charge in [-0.3, -0.25) is 0 Å². The van der Waals surface area contributed by atoms with Crippen molar-refractivity contribution in [2.24, 2.45) is 0 Å². The standard InChI is InChI=1S/C7H7NO3/c9-3-5-1-6-7(8-2-5)11-4-10-6/h1-2,9H,3-4H2. The molecule has 1 aromatic rings. The Morgan fingerprint density at radius 3 is 3.27 bits per heavy atom. The van der Waals surface area contributed by atoms with Gasteiger partial charge in [-0.2, -0.15) is 0 Å². The van der Waals surface area contributed by atoms with Gasteiger partial charge in [-0.25, -0.2) is 4.98 Å². The topological polar surface area (TPSA) is 51.6 Å². The summed E-state index contributed by atoms with van der Waals surface area (Å²) in [6.07, 6.45) is 1.56. The lowest BCUT2D eigenvalue weighted by atomic mass is 10.3. The third-order valence-corrected chi connectivity index (χ3v) is 1.47. The second-order valence-electron chi connectivity index (χ2n) is 2.21. The van der Waals surface area contributed by atoms with Crippen molar-refractivity contribution in [1.82, 2.24) is 4.98 Å². The van der Waals surface area contributed by atoms with E-state index in [9.17, 15) is 0 Å². The van der Waals surface area contributed by atoms with Crippen LogP contribution in [0.1, 0.15) is 5.56 Å². The van der Waals surface area contributed by atoms with Gasteiger partial charge < -0.3 is 14.6 Å². The first-order valence-corrected chi connectivity index (χ1v) is 3.25. The van der Waals surface area contributed by atoms with Crippen LogP contribution in [0.25, 0.3) is 0 Å². The highest BCUT2D eigenvalue weighted by Gasteiger charge is 2.14. The van der Waals surface area contributed by atoms with E-state index in [1.165, 1.54) is 0 Å². The Kier molecular flexibility index (Phi) is 1.40. The molecule has 0 spiro atoms. The molecule has 0 aliphatic carbocycles. The number of ether oxygens (including phenoxy) is 2. The van der Waals surface area contributed by atoms with Crippen LogP contribution in [-0.2, 0) is 6.61 Å². The van der Waals surface area contributed by atoms with Crippen LogP contribution in [0.15, 0.2) is 12.3 Å². The van der Waals surface area contributed by atoms with Gasteiger partial charge in [0, 0.05) is 6.20 Å². The fourth-order valence-electron chi connectivity index (χ4n) is 0.920. The van der Waals surface area contributed by atoms with E-state index in [1.807, 2.05) is 0 Å². The Labute approximate surface area is 63.4 Å². The summed E-state index contributed by atoms with van der Waals surface area (Å²) < 4.78 is 10.0. The van der Waals surface area contributed by atoms with Crippen LogP contribution in [0.2, 0.25) is 0 Å². The molecule has 0 saturated heterocycles. The van der Waals surface area contributed by atoms with Crippen molar-refractivity contribution < 1.29 is 14.6 Å². The maximum Gasteiger partial charge on any atom is 0.260 e. The van der Waals surface area contributed by atoms with Crippen LogP contribution in [0.3, 0.4) is 0 Å². The number of aliphatic hydroxyl groups is 1. The largest absolute Gasteiger partial charge is 0.452 e. The maximum atomic E-state index is 8.73. The SMILES string of the molecule is OCc1cnc2c(c1)OCO2. The van der Waals surface area contributed by atoms with E-state index >= 15 is 0 Å². The quantitative estimate of drug-likeness (QED) is 0.630. The molecule has 1 N–H and O–H groups in total. The van der Waals surface area contributed by atoms with E-state index in [0.717, 1.165) is 5.56 Å². The minimum atomic E-state index is -0.0242. The van der Waals surface area contributed by atoms with Gasteiger partial charge in [0.1, 0.15) is 0 Å². The number of pyridine rings is 1. The van der Waals surface area contributed by atoms with Crippen molar-refractivity contribution in [3.63, 3.8) is 0 Å². The summed E-state index contributed by atoms with van der Waals surface area (Å²) in [5.41, 5.74) is 0.731. The molecule has 0 saturated carbocycles. The fraction of sp³-hybridized carbons (Fsp3) is 0.286. The summed E-state index contributed by atoms with van der Waals surface area (Å²) >= 11 is 0. The normalized spacial score (nSPS) is 13.5. The van der Waals surface area contributed by atoms with Crippen molar-refractivity contribution in [1.29, 1.82) is 0 Å². The van der Waals surface area contributed by atoms with E-state index in [2.05, 4.69) is 4.98 Å². The van der Waals surface area contributed by atoms with E-state index in [4.69, 9.17) is 14.6 Å². The first-order valence-electron chi connectivity index (χ1n) is 3.25. The van der Waals surface area contributed by atoms with Crippen molar-refractivity contribution in [3.8, 4) is 11.6 Å². The van der Waals surface area contributed by atoms with Gasteiger partial charge in [0.25, 0.3) is 5.88 Å². The molecule has 2 heterocycles. The lowest BCUT2D eigenvalue weighted by Crippen LogP contribution is -1.93. The second-order valence-corrected chi connectivity index (χ2v) is 2.21. The molecule has 0 radical (unpaired) electrons. The van der Waals surface area contributed by atoms with Crippen LogP contribution in [-0.4, -0.2) is 16.9 Å². The minimum Gasteiger partial charge on any atom is -0.452 e. The smallest absolute Gasteiger partial charge is 0.260 e. The first kappa shape index (κ1) is 6.42. The zero-order valence-corrected chi connectivity index (χ0v) is 5.78. The molecule has 0 unspecified atom stereocenters. The third-order valence-electron chi connectivity index (χ3n) is 1.47. The highest BCUT2D eigenvalue weighted by molar-refractivity contribution is 5.37. The number of hydrogen-bond acceptors (Lipinski definition) is 4. The highest BCUT2D eigenvalue weighted by Crippen LogP contribution is 2.29. The van der Waals surface area contributed by atoms with Gasteiger partial charge in [0.15, 0.2) is 5.75 Å². The molecule has 0 fully saturated rings. The lowest BCUT2D eigenvalue weighted by molar-refractivity contribution is 0.171. The van der Waals surface area contributed by atoms with Crippen LogP contribution >= 0.6 is 0 Å². The van der Waals surface area contributed by atoms with E-state index in [-0.39, 0.29) is 13.4 Å². The molecule has 2 rings (SSSR count). The molecule has 58 valence electrons. The molecule has 0 amide bonds. The van der Waals surface area contributed by atoms with Gasteiger partial charge in [-0.1, -0.05) is 0 Å². The van der Waals surface area contributed by atoms with Crippen LogP contribution in [0, 0.1) is 0 Å². The van der Waals surface area contributed by atoms with Crippen molar-refractivity contribution in [2.75, 3.05) is 6.79 Å². The third kappa shape index (κ3) is 1.01. The van der Waals surface area contributed by atoms with E-state index in [1.54, 1.807) is 12.3 Å². The summed E-state index contributed by atoms with van der Waals surface area (Å²) in [7, 11) is 0. The highest BCUT2D eigenvalue weighted by atomic mass is 16.7. The summed E-state index contributed by atoms with van der Waals surface area (Å²) in [6, 6.07) is 1.72. The van der Waals surface area contributed by atoms with E-state index < -0.39 is 0 Å². The lowest BCUT2D eigenvalue weighted by Gasteiger charge is -1.96. The predicted octanol–water partition coefficient (Wildman–Crippen LogP) is 0.303. The molecular weight excluding hydrogens is 146 g/mol. The average Bonchev–Trinajstić information content (AvgIpc) is 2.50. The number of hydrogen-bond donors (Lipinski definition) is 1. The summed E-state index contributed by atoms with van der Waals surface area (Å²) in [5, 5.41) is 8.73. The molecule has 0 atom stereocenters. The van der Waals surface area contributed by atoms with Crippen molar-refractivity contribution in [2.45, 2.75) is 6.61 Å². The summed E-state index contributed by atoms with van der Waals surface area (Å²) in [6.45, 7) is 0.195. The Balaban J connectivity index is 2.41. The van der Waals surface area contributed by atoms with Gasteiger partial charge >= 0.3 is 0 Å². The van der Waals surface area contributed by atoms with Crippen LogP contribution in [0.4, 0.5) is 0 Å². The molecular formula is C7H7NO3. The van der Waals surface area contributed by atoms with Gasteiger partial charge in [-0.15, -0.1) is 0 Å². The van der Waals surface area contributed by atoms with Crippen molar-refractivity contribution >= 4 is 0 Å². The predicted molar refractivity (Wildman–Crippen MR) is 36.3 cm³/mol. The maximum absolute atomic E-state index is 8.73. The molecule has 1 aliphatic rings. The van der Waals surface area contributed by atoms with Crippen LogP contribution < -0.4 is 9.47 Å². The zero-order valence-electron chi connectivity index (χ0n) is 5.78. The number of aliphatic hydroxyl groups excluding tert-OH is 1. The molecule has 11 heavy (non-hydrogen) atoms. The zero-order chi connectivity index (χ0) is 7.68. The Morgan fingerprint density at radius 1 is 1.55 bits per heavy atom. The van der Waals surface area contributed by atoms with Crippen LogP contribution in [0.5, 0.6) is 11.6 Å². The molecule has 0 aromatic carbocycles. The monoisotopic (exact) mass is 153 g/mol. The van der Waals surface area contributed by atoms with Crippen molar-refractivity contribution in [3.05, 3.63) is 17.8 Å². The number of rotatable bonds is 1. The Morgan fingerprint density at radius 2 is 2.45 bits per heavy atom. The fourth-order valence-corrected chi connectivity index (χ4v) is 0.920. The first-order chi connectivity index (χ1) is 5.40. The second kappa shape index (κ2) is 2.39. The average molecular weight is 153 g/mol. The minimum absolute atomic E-state index is 0.0242. The molecule has 1 aliphatic heterocycles. The molecule has 0 bridgehead atoms. The van der Waals surface area contributed by atoms with E-state index in [0.29, 0.717) is 11.6 Å².